The molecule has 39 nitrogen and oxygen atoms in total. The molecular weight excluding hydrogens is 1700 g/mol. The number of phenols is 3. The Kier molecular flexibility index (Phi) is 28.1. The number of halogens is 4. The number of urea groups is 1. The van der Waals surface area contributed by atoms with Gasteiger partial charge in [0.05, 0.1) is 46.9 Å². The summed E-state index contributed by atoms with van der Waals surface area (Å²) in [5.74, 6) is -16.7. The van der Waals surface area contributed by atoms with Crippen LogP contribution in [0.5, 0.6) is 46.0 Å². The van der Waals surface area contributed by atoms with Crippen molar-refractivity contribution in [3.8, 4) is 57.1 Å². The summed E-state index contributed by atoms with van der Waals surface area (Å²) in [7, 11) is 1.46. The Labute approximate surface area is 719 Å². The van der Waals surface area contributed by atoms with E-state index < -0.39 is 260 Å². The minimum atomic E-state index is -2.41. The van der Waals surface area contributed by atoms with Crippen molar-refractivity contribution in [2.45, 2.75) is 163 Å². The molecule has 7 aliphatic rings. The molecule has 0 aliphatic carbocycles. The number of rotatable bonds is 18. The molecule has 7 aromatic rings. The molecule has 0 spiro atoms. The number of carbonyl (C=O) groups is 10. The number of nitrogens with two attached hydrogens (primary N) is 2. The van der Waals surface area contributed by atoms with E-state index in [0.29, 0.717) is 11.3 Å². The molecule has 0 radical (unpaired) electrons. The number of hydrogen-bond acceptors (Lipinski definition) is 28. The molecule has 24 N–H and O–H groups in total. The van der Waals surface area contributed by atoms with Crippen molar-refractivity contribution in [2.24, 2.45) is 17.4 Å². The van der Waals surface area contributed by atoms with Gasteiger partial charge in [-0.3, -0.25) is 53.6 Å². The number of phenolic OH excluding ortho intramolecular Hbond substituents is 3. The molecule has 7 aliphatic heterocycles. The average Bonchev–Trinajstić information content (AvgIpc) is 0.759. The first-order valence-electron chi connectivity index (χ1n) is 38.0. The van der Waals surface area contributed by atoms with Gasteiger partial charge in [-0.05, 0) is 145 Å². The molecule has 123 heavy (non-hydrogen) atoms. The number of ether oxygens (including phenoxy) is 6. The highest BCUT2D eigenvalue weighted by atomic mass is 35.5. The maximum absolute atomic E-state index is 16.3. The number of likely N-dealkylation sites (N-methyl/N-ethyl adjacent to an activating group) is 1. The third kappa shape index (κ3) is 20.6. The number of aliphatic hydroxyl groups excluding tert-OH is 6. The van der Waals surface area contributed by atoms with Crippen LogP contribution in [0.25, 0.3) is 11.1 Å². The number of benzene rings is 6. The van der Waals surface area contributed by atoms with Crippen molar-refractivity contribution in [2.75, 3.05) is 19.0 Å². The number of anilines is 1. The van der Waals surface area contributed by atoms with E-state index in [2.05, 4.69) is 52.8 Å². The van der Waals surface area contributed by atoms with Crippen molar-refractivity contribution in [1.82, 2.24) is 58.4 Å². The van der Waals surface area contributed by atoms with Gasteiger partial charge in [-0.15, -0.1) is 0 Å². The lowest BCUT2D eigenvalue weighted by Crippen LogP contribution is -2.65. The molecule has 14 rings (SSSR count). The van der Waals surface area contributed by atoms with Gasteiger partial charge in [-0.25, -0.2) is 10.2 Å². The highest BCUT2D eigenvalue weighted by Crippen LogP contribution is 2.50. The molecule has 18 atom stereocenters. The van der Waals surface area contributed by atoms with Crippen LogP contribution in [0, 0.1) is 5.92 Å². The predicted octanol–water partition coefficient (Wildman–Crippen LogP) is 2.51. The van der Waals surface area contributed by atoms with Gasteiger partial charge in [-0.1, -0.05) is 78.5 Å². The molecule has 11 amide bonds. The lowest BCUT2D eigenvalue weighted by atomic mass is 9.84. The summed E-state index contributed by atoms with van der Waals surface area (Å²) in [5.41, 5.74) is 11.3. The standard InChI is InChI=1S/C80H86Cl4N14O25/c1-30(2)12-46(87-5)71(110)95-61-63(104)34-7-10-50(44(83)15-34)119-52-17-36-18-53(67(52)123-78-68(66(107)65(106)54(29-99)121-78)122-56-25-80(4,69(108)31(3)118-56)89-27-32-13-37(28-88-26-32)70(109)90-40-20-38(81)19-39(82)21-40)120-51-11-8-35(16-45(51)84)64(105)62-76(115)94-60(77(116)97-98-79(86)117)43-22-41(100)23-49(102)57(43)42-14-33(6-9-48(42)101)58(73(112)96-62)93-74(113)59(36)92-72(111)47(24-55(85)103)91-75(61)114/h6-11,13-23,26,28,30-31,46-47,54,56,58-66,68-69,78,87,89,99-102,104-108H,12,24-25,27,29H2,1-5H3,(H2,85,103)(H,90,109)(H,91,114)(H,92,111)(H,93,113)(H,94,115)(H,95,110)(H,96,112)(H,97,116)(H3,86,98,117)/t31-,46+,47-,54+,56-,58+,59+,60+,61+,62-,63+,64+,65+,66-,68+,69+,78-,80-/m0/s1. The molecule has 11 bridgehead atoms. The minimum Gasteiger partial charge on any atom is -0.508 e. The number of carbonyl (C=O) groups excluding carboxylic acids is 10. The number of aromatic nitrogens is 1. The number of primary amides is 2. The minimum absolute atomic E-state index is 0.0566. The zero-order valence-electron chi connectivity index (χ0n) is 65.6. The van der Waals surface area contributed by atoms with E-state index in [-0.39, 0.29) is 57.8 Å². The first kappa shape index (κ1) is 90.7. The van der Waals surface area contributed by atoms with Crippen LogP contribution < -0.4 is 84.4 Å². The summed E-state index contributed by atoms with van der Waals surface area (Å²) in [4.78, 5) is 150. The molecule has 654 valence electrons. The van der Waals surface area contributed by atoms with Crippen LogP contribution in [-0.4, -0.2) is 203 Å². The number of hydrogen-bond donors (Lipinski definition) is 22. The van der Waals surface area contributed by atoms with E-state index in [0.717, 1.165) is 66.7 Å². The molecule has 0 saturated carbocycles. The van der Waals surface area contributed by atoms with E-state index in [4.69, 9.17) is 86.3 Å². The maximum atomic E-state index is 16.3. The number of fused-ring (bicyclic) bond motifs is 15. The summed E-state index contributed by atoms with van der Waals surface area (Å²) >= 11 is 26.7. The molecule has 0 unspecified atom stereocenters. The van der Waals surface area contributed by atoms with Crippen LogP contribution in [-0.2, 0) is 59.1 Å². The van der Waals surface area contributed by atoms with E-state index in [1.165, 1.54) is 62.8 Å². The van der Waals surface area contributed by atoms with Gasteiger partial charge >= 0.3 is 6.03 Å². The van der Waals surface area contributed by atoms with Crippen LogP contribution in [0.4, 0.5) is 10.5 Å². The van der Waals surface area contributed by atoms with Crippen LogP contribution in [0.2, 0.25) is 20.1 Å². The molecular formula is C80H86Cl4N14O25. The molecule has 2 saturated heterocycles. The fourth-order valence-corrected chi connectivity index (χ4v) is 15.7. The van der Waals surface area contributed by atoms with Crippen LogP contribution in [0.1, 0.15) is 121 Å². The monoisotopic (exact) mass is 1780 g/mol. The summed E-state index contributed by atoms with van der Waals surface area (Å²) in [6.45, 7) is 5.65. The molecule has 8 heterocycles. The largest absolute Gasteiger partial charge is 0.508 e. The van der Waals surface area contributed by atoms with Gasteiger partial charge in [0, 0.05) is 63.8 Å². The Hall–Kier alpha value is -11.5. The van der Waals surface area contributed by atoms with Crippen molar-refractivity contribution in [3.63, 3.8) is 0 Å². The predicted molar refractivity (Wildman–Crippen MR) is 434 cm³/mol. The van der Waals surface area contributed by atoms with E-state index in [1.807, 2.05) is 24.7 Å². The van der Waals surface area contributed by atoms with Crippen LogP contribution >= 0.6 is 46.4 Å². The van der Waals surface area contributed by atoms with Crippen molar-refractivity contribution in [3.05, 3.63) is 175 Å². The Morgan fingerprint density at radius 2 is 1.31 bits per heavy atom. The van der Waals surface area contributed by atoms with Gasteiger partial charge in [0.15, 0.2) is 23.9 Å². The number of amides is 11. The summed E-state index contributed by atoms with van der Waals surface area (Å²) < 4.78 is 39.4. The van der Waals surface area contributed by atoms with Gasteiger partial charge in [0.25, 0.3) is 11.8 Å². The zero-order valence-corrected chi connectivity index (χ0v) is 68.6. The first-order valence-corrected chi connectivity index (χ1v) is 39.6. The van der Waals surface area contributed by atoms with Gasteiger partial charge in [0.1, 0.15) is 95.5 Å². The van der Waals surface area contributed by atoms with Crippen molar-refractivity contribution in [1.29, 1.82) is 0 Å². The van der Waals surface area contributed by atoms with E-state index in [1.54, 1.807) is 6.92 Å². The fraction of sp³-hybridized carbons (Fsp3) is 0.362. The maximum Gasteiger partial charge on any atom is 0.330 e. The highest BCUT2D eigenvalue weighted by Gasteiger charge is 2.52. The number of nitrogens with zero attached hydrogens (tertiary/aromatic N) is 1. The van der Waals surface area contributed by atoms with Crippen LogP contribution in [0.3, 0.4) is 0 Å². The lowest BCUT2D eigenvalue weighted by molar-refractivity contribution is -0.334. The number of nitrogens with one attached hydrogen (secondary N) is 11. The number of aromatic hydroxyl groups is 3. The summed E-state index contributed by atoms with van der Waals surface area (Å²) in [6.07, 6.45) is -16.8. The fourth-order valence-electron chi connectivity index (χ4n) is 14.7. The molecule has 1 aromatic heterocycles. The second-order valence-corrected chi connectivity index (χ2v) is 32.0. The van der Waals surface area contributed by atoms with Gasteiger partial charge < -0.3 is 134 Å². The SMILES string of the molecule is CN[C@H](CC(C)C)C(=O)N[C@H]1C(=O)N[C@@H](CC(N)=O)C(=O)N[C@H]2C(=O)N[C@H]3C(=O)N[C@H](C(=O)N[C@@H](C(=O)NNC(N)=O)c4cc(O)cc(O)c4-c4cc3ccc4O)[C@H](O)c3ccc(c(Cl)c3)Oc3cc2cc(c3O[C@@H]2O[C@H](CO)[C@@H](O)[C@H](O)[C@H]2O[C@H]2C[C@](C)(NCc3cncc(C(=O)Nc4cc(Cl)cc(Cl)c4)c3)[C@H](O)[C@H](C)O2)Oc2ccc(cc2Cl)[C@H]1O. The second-order valence-electron chi connectivity index (χ2n) is 30.3. The summed E-state index contributed by atoms with van der Waals surface area (Å²) in [5, 5.41) is 130. The third-order valence-electron chi connectivity index (χ3n) is 20.9. The highest BCUT2D eigenvalue weighted by molar-refractivity contribution is 6.35. The van der Waals surface area contributed by atoms with E-state index >= 15 is 24.0 Å². The van der Waals surface area contributed by atoms with Gasteiger partial charge in [0.2, 0.25) is 53.4 Å². The Bertz CT molecular complexity index is 5270. The zero-order chi connectivity index (χ0) is 89.1. The Balaban J connectivity index is 1.03. The second kappa shape index (κ2) is 38.1. The quantitative estimate of drug-likeness (QED) is 0.0549. The average molecular weight is 1790 g/mol. The topological polar surface area (TPSA) is 605 Å². The molecule has 6 aromatic carbocycles. The number of hydrazine groups is 1. The van der Waals surface area contributed by atoms with Crippen LogP contribution in [0.15, 0.2) is 116 Å². The first-order chi connectivity index (χ1) is 58.3. The number of pyridine rings is 1. The Morgan fingerprint density at radius 1 is 0.675 bits per heavy atom. The third-order valence-corrected chi connectivity index (χ3v) is 22.0. The molecule has 43 heteroatoms. The Morgan fingerprint density at radius 3 is 1.93 bits per heavy atom. The summed E-state index contributed by atoms with van der Waals surface area (Å²) in [6, 6.07) is 3.56. The number of aliphatic hydroxyl groups is 6. The lowest BCUT2D eigenvalue weighted by Gasteiger charge is -2.48. The smallest absolute Gasteiger partial charge is 0.330 e. The van der Waals surface area contributed by atoms with Crippen molar-refractivity contribution >= 4 is 111 Å². The molecule has 2 fully saturated rings. The van der Waals surface area contributed by atoms with E-state index in [9.17, 15) is 69.9 Å². The normalized spacial score (nSPS) is 26.1. The van der Waals surface area contributed by atoms with Crippen molar-refractivity contribution < 1.29 is 122 Å². The van der Waals surface area contributed by atoms with Gasteiger partial charge in [-0.2, -0.15) is 0 Å².